The van der Waals surface area contributed by atoms with E-state index in [1.807, 2.05) is 0 Å². The van der Waals surface area contributed by atoms with Gasteiger partial charge in [-0.05, 0) is 19.8 Å². The minimum Gasteiger partial charge on any atom is -0.481 e. The molecule has 2 rings (SSSR count). The summed E-state index contributed by atoms with van der Waals surface area (Å²) in [6, 6.07) is 0. The Morgan fingerprint density at radius 2 is 1.77 bits per heavy atom. The molecule has 122 valence electrons. The Kier molecular flexibility index (Phi) is 3.99. The molecule has 1 saturated heterocycles. The van der Waals surface area contributed by atoms with Gasteiger partial charge in [-0.1, -0.05) is 0 Å². The molecule has 0 atom stereocenters. The van der Waals surface area contributed by atoms with E-state index in [-0.39, 0.29) is 19.7 Å². The van der Waals surface area contributed by atoms with E-state index in [4.69, 9.17) is 5.11 Å². The molecule has 3 N–H and O–H groups in total. The van der Waals surface area contributed by atoms with Gasteiger partial charge in [-0.25, -0.2) is 4.79 Å². The highest BCUT2D eigenvalue weighted by atomic mass is 16.5. The van der Waals surface area contributed by atoms with Crippen molar-refractivity contribution < 1.29 is 34.1 Å². The van der Waals surface area contributed by atoms with Crippen LogP contribution in [0.1, 0.15) is 26.2 Å². The van der Waals surface area contributed by atoms with Crippen molar-refractivity contribution in [1.29, 1.82) is 0 Å². The van der Waals surface area contributed by atoms with Crippen LogP contribution < -0.4 is 5.32 Å². The largest absolute Gasteiger partial charge is 0.481 e. The summed E-state index contributed by atoms with van der Waals surface area (Å²) in [5.41, 5.74) is -2.30. The molecule has 0 aromatic heterocycles. The van der Waals surface area contributed by atoms with Crippen LogP contribution in [-0.2, 0) is 19.1 Å². The lowest BCUT2D eigenvalue weighted by atomic mass is 9.71. The summed E-state index contributed by atoms with van der Waals surface area (Å²) in [7, 11) is 0. The molecule has 1 saturated carbocycles. The van der Waals surface area contributed by atoms with Crippen molar-refractivity contribution in [2.45, 2.75) is 31.7 Å². The van der Waals surface area contributed by atoms with Crippen LogP contribution in [0.25, 0.3) is 0 Å². The molecule has 9 heteroatoms. The van der Waals surface area contributed by atoms with Gasteiger partial charge < -0.3 is 25.2 Å². The smallest absolute Gasteiger partial charge is 0.407 e. The third kappa shape index (κ3) is 2.58. The van der Waals surface area contributed by atoms with Crippen molar-refractivity contribution >= 4 is 23.9 Å². The number of carbonyl (C=O) groups excluding carboxylic acids is 2. The molecule has 2 amide bonds. The van der Waals surface area contributed by atoms with Crippen LogP contribution in [0.3, 0.4) is 0 Å². The van der Waals surface area contributed by atoms with Gasteiger partial charge in [0.25, 0.3) is 0 Å². The van der Waals surface area contributed by atoms with Crippen LogP contribution in [0.4, 0.5) is 4.79 Å². The van der Waals surface area contributed by atoms with E-state index in [2.05, 4.69) is 10.1 Å². The van der Waals surface area contributed by atoms with Crippen molar-refractivity contribution in [3.63, 3.8) is 0 Å². The average molecular weight is 314 g/mol. The molecular weight excluding hydrogens is 296 g/mol. The van der Waals surface area contributed by atoms with Gasteiger partial charge in [-0.2, -0.15) is 0 Å². The van der Waals surface area contributed by atoms with Crippen molar-refractivity contribution in [3.05, 3.63) is 0 Å². The van der Waals surface area contributed by atoms with Crippen molar-refractivity contribution in [3.8, 4) is 0 Å². The van der Waals surface area contributed by atoms with Crippen LogP contribution in [-0.4, -0.2) is 64.3 Å². The fourth-order valence-electron chi connectivity index (χ4n) is 2.89. The SMILES string of the molecule is CCOC(=O)CC(=O)NC1(C2(C(=O)O)CN(C(=O)O)C2)CC1. The molecule has 0 aromatic rings. The maximum absolute atomic E-state index is 11.9. The second kappa shape index (κ2) is 5.47. The first kappa shape index (κ1) is 16.1. The Bertz CT molecular complexity index is 520. The third-order valence-corrected chi connectivity index (χ3v) is 4.26. The molecule has 9 nitrogen and oxygen atoms in total. The summed E-state index contributed by atoms with van der Waals surface area (Å²) in [4.78, 5) is 46.6. The molecule has 0 radical (unpaired) electrons. The van der Waals surface area contributed by atoms with Crippen LogP contribution in [0.2, 0.25) is 0 Å². The number of nitrogens with zero attached hydrogens (tertiary/aromatic N) is 1. The van der Waals surface area contributed by atoms with Crippen LogP contribution in [0, 0.1) is 5.41 Å². The molecule has 0 spiro atoms. The van der Waals surface area contributed by atoms with Gasteiger partial charge in [0.2, 0.25) is 5.91 Å². The van der Waals surface area contributed by atoms with E-state index in [9.17, 15) is 24.3 Å². The monoisotopic (exact) mass is 314 g/mol. The number of ether oxygens (including phenoxy) is 1. The summed E-state index contributed by atoms with van der Waals surface area (Å²) in [5.74, 6) is -2.43. The number of carboxylic acid groups (broad SMARTS) is 2. The maximum Gasteiger partial charge on any atom is 0.407 e. The number of aliphatic carboxylic acids is 1. The lowest BCUT2D eigenvalue weighted by molar-refractivity contribution is -0.164. The van der Waals surface area contributed by atoms with E-state index in [0.29, 0.717) is 12.8 Å². The van der Waals surface area contributed by atoms with Crippen molar-refractivity contribution in [2.75, 3.05) is 19.7 Å². The lowest BCUT2D eigenvalue weighted by Gasteiger charge is -2.50. The standard InChI is InChI=1S/C13H18N2O7/c1-2-22-9(17)5-8(16)14-13(3-4-13)12(10(18)19)6-15(7-12)11(20)21/h2-7H2,1H3,(H,14,16)(H,18,19)(H,20,21). The number of carboxylic acids is 1. The molecule has 1 aliphatic heterocycles. The molecule has 0 aromatic carbocycles. The zero-order valence-electron chi connectivity index (χ0n) is 12.1. The number of amides is 2. The topological polar surface area (TPSA) is 133 Å². The van der Waals surface area contributed by atoms with E-state index in [0.717, 1.165) is 4.90 Å². The van der Waals surface area contributed by atoms with Gasteiger partial charge in [0.15, 0.2) is 0 Å². The zero-order valence-corrected chi connectivity index (χ0v) is 12.1. The van der Waals surface area contributed by atoms with E-state index >= 15 is 0 Å². The highest BCUT2D eigenvalue weighted by Gasteiger charge is 2.70. The van der Waals surface area contributed by atoms with Gasteiger partial charge >= 0.3 is 18.0 Å². The molecular formula is C13H18N2O7. The number of rotatable bonds is 6. The van der Waals surface area contributed by atoms with Crippen molar-refractivity contribution in [1.82, 2.24) is 10.2 Å². The second-order valence-corrected chi connectivity index (χ2v) is 5.64. The van der Waals surface area contributed by atoms with Gasteiger partial charge in [0.1, 0.15) is 11.8 Å². The number of nitrogens with one attached hydrogen (secondary N) is 1. The van der Waals surface area contributed by atoms with Gasteiger partial charge in [0, 0.05) is 13.1 Å². The molecule has 1 heterocycles. The number of likely N-dealkylation sites (tertiary alicyclic amines) is 1. The van der Waals surface area contributed by atoms with Gasteiger partial charge in [-0.3, -0.25) is 14.4 Å². The zero-order chi connectivity index (χ0) is 16.5. The van der Waals surface area contributed by atoms with Crippen molar-refractivity contribution in [2.24, 2.45) is 5.41 Å². The highest BCUT2D eigenvalue weighted by molar-refractivity contribution is 5.95. The predicted octanol–water partition coefficient (Wildman–Crippen LogP) is -0.347. The first-order chi connectivity index (χ1) is 10.3. The number of hydrogen-bond acceptors (Lipinski definition) is 5. The highest BCUT2D eigenvalue weighted by Crippen LogP contribution is 2.55. The summed E-state index contributed by atoms with van der Waals surface area (Å²) in [5, 5.41) is 21.0. The average Bonchev–Trinajstić information content (AvgIpc) is 3.06. The molecule has 2 fully saturated rings. The number of hydrogen-bond donors (Lipinski definition) is 3. The summed E-state index contributed by atoms with van der Waals surface area (Å²) in [6.45, 7) is 1.44. The Hall–Kier alpha value is -2.32. The lowest BCUT2D eigenvalue weighted by Crippen LogP contribution is -2.71. The quantitative estimate of drug-likeness (QED) is 0.451. The third-order valence-electron chi connectivity index (χ3n) is 4.26. The maximum atomic E-state index is 11.9. The molecule has 1 aliphatic carbocycles. The summed E-state index contributed by atoms with van der Waals surface area (Å²) >= 11 is 0. The molecule has 22 heavy (non-hydrogen) atoms. The molecule has 2 aliphatic rings. The molecule has 0 bridgehead atoms. The first-order valence-corrected chi connectivity index (χ1v) is 6.94. The Morgan fingerprint density at radius 3 is 2.18 bits per heavy atom. The minimum absolute atomic E-state index is 0.157. The van der Waals surface area contributed by atoms with E-state index in [1.165, 1.54) is 0 Å². The normalized spacial score (nSPS) is 20.5. The summed E-state index contributed by atoms with van der Waals surface area (Å²) < 4.78 is 4.67. The summed E-state index contributed by atoms with van der Waals surface area (Å²) in [6.07, 6.45) is -0.776. The first-order valence-electron chi connectivity index (χ1n) is 6.94. The van der Waals surface area contributed by atoms with E-state index in [1.54, 1.807) is 6.92 Å². The van der Waals surface area contributed by atoms with Crippen LogP contribution in [0.5, 0.6) is 0 Å². The fraction of sp³-hybridized carbons (Fsp3) is 0.692. The Labute approximate surface area is 126 Å². The number of esters is 1. The van der Waals surface area contributed by atoms with Crippen LogP contribution in [0.15, 0.2) is 0 Å². The Balaban J connectivity index is 2.03. The number of carbonyl (C=O) groups is 4. The second-order valence-electron chi connectivity index (χ2n) is 5.64. The fourth-order valence-corrected chi connectivity index (χ4v) is 2.89. The predicted molar refractivity (Wildman–Crippen MR) is 71.0 cm³/mol. The minimum atomic E-state index is -1.32. The van der Waals surface area contributed by atoms with E-state index < -0.39 is 41.3 Å². The Morgan fingerprint density at radius 1 is 1.18 bits per heavy atom. The van der Waals surface area contributed by atoms with Gasteiger partial charge in [-0.15, -0.1) is 0 Å². The molecule has 0 unspecified atom stereocenters. The van der Waals surface area contributed by atoms with Crippen LogP contribution >= 0.6 is 0 Å². The van der Waals surface area contributed by atoms with Gasteiger partial charge in [0.05, 0.1) is 12.1 Å².